The second-order valence-electron chi connectivity index (χ2n) is 4.82. The van der Waals surface area contributed by atoms with Gasteiger partial charge in [-0.25, -0.2) is 5.48 Å². The number of amides is 1. The molecule has 1 aliphatic carbocycles. The molecule has 1 aromatic carbocycles. The topological polar surface area (TPSA) is 58.6 Å². The molecule has 104 valence electrons. The van der Waals surface area contributed by atoms with E-state index < -0.39 is 6.10 Å². The summed E-state index contributed by atoms with van der Waals surface area (Å²) >= 11 is 5.76. The van der Waals surface area contributed by atoms with Crippen LogP contribution in [0.2, 0.25) is 5.02 Å². The molecule has 0 heterocycles. The van der Waals surface area contributed by atoms with Crippen LogP contribution in [0.4, 0.5) is 0 Å². The maximum Gasteiger partial charge on any atom is 0.246 e. The number of nitrogens with one attached hydrogen (secondary N) is 1. The maximum atomic E-state index is 11.6. The van der Waals surface area contributed by atoms with Crippen molar-refractivity contribution in [1.82, 2.24) is 5.48 Å². The van der Waals surface area contributed by atoms with Crippen LogP contribution in [0, 0.1) is 0 Å². The predicted octanol–water partition coefficient (Wildman–Crippen LogP) is 2.75. The van der Waals surface area contributed by atoms with Gasteiger partial charge in [-0.3, -0.25) is 9.63 Å². The zero-order chi connectivity index (χ0) is 13.7. The van der Waals surface area contributed by atoms with Gasteiger partial charge < -0.3 is 5.11 Å². The summed E-state index contributed by atoms with van der Waals surface area (Å²) in [6, 6.07) is 6.79. The number of benzene rings is 1. The van der Waals surface area contributed by atoms with Crippen molar-refractivity contribution in [2.45, 2.75) is 44.3 Å². The maximum absolute atomic E-state index is 11.6. The fourth-order valence-corrected chi connectivity index (χ4v) is 2.30. The van der Waals surface area contributed by atoms with E-state index in [2.05, 4.69) is 5.48 Å². The third kappa shape index (κ3) is 4.49. The van der Waals surface area contributed by atoms with Crippen LogP contribution in [0.5, 0.6) is 0 Å². The standard InChI is InChI=1S/C14H18ClNO3/c15-11-7-5-10(6-8-11)13(17)9-14(18)16-19-12-3-1-2-4-12/h5-8,12-13,17H,1-4,9H2,(H,16,18). The Morgan fingerprint density at radius 2 is 2.00 bits per heavy atom. The number of halogens is 1. The second kappa shape index (κ2) is 6.89. The quantitative estimate of drug-likeness (QED) is 0.817. The number of aliphatic hydroxyl groups is 1. The average Bonchev–Trinajstić information content (AvgIpc) is 2.90. The van der Waals surface area contributed by atoms with Crippen LogP contribution in [-0.4, -0.2) is 17.1 Å². The Bertz CT molecular complexity index is 415. The lowest BCUT2D eigenvalue weighted by molar-refractivity contribution is -0.140. The van der Waals surface area contributed by atoms with Gasteiger partial charge in [0.1, 0.15) is 0 Å². The monoisotopic (exact) mass is 283 g/mol. The van der Waals surface area contributed by atoms with Crippen molar-refractivity contribution in [1.29, 1.82) is 0 Å². The van der Waals surface area contributed by atoms with Crippen LogP contribution in [0.3, 0.4) is 0 Å². The van der Waals surface area contributed by atoms with E-state index in [9.17, 15) is 9.90 Å². The predicted molar refractivity (Wildman–Crippen MR) is 72.5 cm³/mol. The molecule has 0 bridgehead atoms. The summed E-state index contributed by atoms with van der Waals surface area (Å²) in [5.41, 5.74) is 3.08. The highest BCUT2D eigenvalue weighted by molar-refractivity contribution is 6.30. The molecule has 2 N–H and O–H groups in total. The zero-order valence-electron chi connectivity index (χ0n) is 10.6. The highest BCUT2D eigenvalue weighted by Gasteiger charge is 2.18. The van der Waals surface area contributed by atoms with Gasteiger partial charge in [0.25, 0.3) is 0 Å². The molecule has 1 saturated carbocycles. The van der Waals surface area contributed by atoms with Crippen LogP contribution >= 0.6 is 11.6 Å². The summed E-state index contributed by atoms with van der Waals surface area (Å²) in [6.45, 7) is 0. The number of hydrogen-bond donors (Lipinski definition) is 2. The third-order valence-corrected chi connectivity index (χ3v) is 3.53. The fraction of sp³-hybridized carbons (Fsp3) is 0.500. The molecule has 4 nitrogen and oxygen atoms in total. The minimum absolute atomic E-state index is 0.0195. The van der Waals surface area contributed by atoms with E-state index in [-0.39, 0.29) is 18.4 Å². The zero-order valence-corrected chi connectivity index (χ0v) is 11.4. The van der Waals surface area contributed by atoms with Crippen molar-refractivity contribution in [2.24, 2.45) is 0 Å². The summed E-state index contributed by atoms with van der Waals surface area (Å²) in [6.07, 6.45) is 3.53. The molecule has 2 rings (SSSR count). The average molecular weight is 284 g/mol. The van der Waals surface area contributed by atoms with E-state index in [0.29, 0.717) is 10.6 Å². The normalized spacial score (nSPS) is 17.4. The first-order valence-corrected chi connectivity index (χ1v) is 6.91. The van der Waals surface area contributed by atoms with Gasteiger partial charge in [-0.2, -0.15) is 0 Å². The number of rotatable bonds is 5. The molecular formula is C14H18ClNO3. The first kappa shape index (κ1) is 14.3. The van der Waals surface area contributed by atoms with E-state index in [1.54, 1.807) is 24.3 Å². The van der Waals surface area contributed by atoms with Gasteiger partial charge in [-0.1, -0.05) is 36.6 Å². The van der Waals surface area contributed by atoms with E-state index in [1.807, 2.05) is 0 Å². The molecular weight excluding hydrogens is 266 g/mol. The molecule has 1 fully saturated rings. The largest absolute Gasteiger partial charge is 0.388 e. The van der Waals surface area contributed by atoms with Crippen molar-refractivity contribution >= 4 is 17.5 Å². The second-order valence-corrected chi connectivity index (χ2v) is 5.26. The lowest BCUT2D eigenvalue weighted by Crippen LogP contribution is -2.29. The van der Waals surface area contributed by atoms with E-state index in [4.69, 9.17) is 16.4 Å². The number of carbonyl (C=O) groups is 1. The Kier molecular flexibility index (Phi) is 5.19. The van der Waals surface area contributed by atoms with Gasteiger partial charge in [0.05, 0.1) is 18.6 Å². The number of carbonyl (C=O) groups excluding carboxylic acids is 1. The summed E-state index contributed by atoms with van der Waals surface area (Å²) in [4.78, 5) is 16.9. The van der Waals surface area contributed by atoms with Crippen molar-refractivity contribution in [2.75, 3.05) is 0 Å². The van der Waals surface area contributed by atoms with Crippen LogP contribution in [0.25, 0.3) is 0 Å². The lowest BCUT2D eigenvalue weighted by Gasteiger charge is -2.14. The van der Waals surface area contributed by atoms with Gasteiger partial charge in [-0.05, 0) is 30.5 Å². The van der Waals surface area contributed by atoms with E-state index in [1.165, 1.54) is 0 Å². The molecule has 5 heteroatoms. The number of hydroxylamine groups is 1. The van der Waals surface area contributed by atoms with Crippen molar-refractivity contribution in [3.63, 3.8) is 0 Å². The molecule has 0 aliphatic heterocycles. The summed E-state index contributed by atoms with van der Waals surface area (Å²) in [5, 5.41) is 10.5. The summed E-state index contributed by atoms with van der Waals surface area (Å²) in [7, 11) is 0. The Labute approximate surface area is 117 Å². The van der Waals surface area contributed by atoms with Gasteiger partial charge in [0.2, 0.25) is 5.91 Å². The molecule has 19 heavy (non-hydrogen) atoms. The molecule has 0 saturated heterocycles. The molecule has 1 amide bonds. The first-order chi connectivity index (χ1) is 9.15. The number of hydrogen-bond acceptors (Lipinski definition) is 3. The van der Waals surface area contributed by atoms with Crippen LogP contribution in [0.15, 0.2) is 24.3 Å². The molecule has 1 aliphatic rings. The van der Waals surface area contributed by atoms with Crippen molar-refractivity contribution in [3.05, 3.63) is 34.9 Å². The molecule has 1 unspecified atom stereocenters. The summed E-state index contributed by atoms with van der Waals surface area (Å²) < 4.78 is 0. The van der Waals surface area contributed by atoms with Gasteiger partial charge in [0.15, 0.2) is 0 Å². The lowest BCUT2D eigenvalue weighted by atomic mass is 10.1. The van der Waals surface area contributed by atoms with E-state index in [0.717, 1.165) is 25.7 Å². The first-order valence-electron chi connectivity index (χ1n) is 6.53. The van der Waals surface area contributed by atoms with Crippen LogP contribution in [-0.2, 0) is 9.63 Å². The Hall–Kier alpha value is -1.10. The van der Waals surface area contributed by atoms with Gasteiger partial charge in [0, 0.05) is 5.02 Å². The highest BCUT2D eigenvalue weighted by atomic mass is 35.5. The summed E-state index contributed by atoms with van der Waals surface area (Å²) in [5.74, 6) is -0.311. The third-order valence-electron chi connectivity index (χ3n) is 3.28. The Balaban J connectivity index is 1.76. The minimum Gasteiger partial charge on any atom is -0.388 e. The SMILES string of the molecule is O=C(CC(O)c1ccc(Cl)cc1)NOC1CCCC1. The Morgan fingerprint density at radius 1 is 1.37 bits per heavy atom. The highest BCUT2D eigenvalue weighted by Crippen LogP contribution is 2.21. The number of aliphatic hydroxyl groups excluding tert-OH is 1. The Morgan fingerprint density at radius 3 is 2.63 bits per heavy atom. The minimum atomic E-state index is -0.843. The van der Waals surface area contributed by atoms with Crippen molar-refractivity contribution < 1.29 is 14.7 Å². The molecule has 0 spiro atoms. The molecule has 0 aromatic heterocycles. The van der Waals surface area contributed by atoms with Crippen molar-refractivity contribution in [3.8, 4) is 0 Å². The molecule has 1 aromatic rings. The van der Waals surface area contributed by atoms with Gasteiger partial charge in [-0.15, -0.1) is 0 Å². The smallest absolute Gasteiger partial charge is 0.246 e. The fourth-order valence-electron chi connectivity index (χ4n) is 2.18. The van der Waals surface area contributed by atoms with Crippen LogP contribution < -0.4 is 5.48 Å². The van der Waals surface area contributed by atoms with E-state index >= 15 is 0 Å². The van der Waals surface area contributed by atoms with Crippen LogP contribution in [0.1, 0.15) is 43.8 Å². The van der Waals surface area contributed by atoms with Gasteiger partial charge >= 0.3 is 0 Å². The molecule has 1 atom stereocenters. The molecule has 0 radical (unpaired) electrons.